The standard InChI is InChI=1S/C19H30N2O4/c1-23-16-12-14(13-17(24-2)18(16)25-3)19(22)21-11-10-20-15-8-6-4-5-7-9-15/h12-13,15,20H,4-11H2,1-3H3,(H,21,22). The van der Waals surface area contributed by atoms with Crippen molar-refractivity contribution in [3.8, 4) is 17.2 Å². The topological polar surface area (TPSA) is 68.8 Å². The molecule has 1 amide bonds. The highest BCUT2D eigenvalue weighted by Gasteiger charge is 2.17. The lowest BCUT2D eigenvalue weighted by Crippen LogP contribution is -2.36. The van der Waals surface area contributed by atoms with E-state index < -0.39 is 0 Å². The van der Waals surface area contributed by atoms with Gasteiger partial charge in [-0.25, -0.2) is 0 Å². The Bertz CT molecular complexity index is 529. The summed E-state index contributed by atoms with van der Waals surface area (Å²) < 4.78 is 15.9. The largest absolute Gasteiger partial charge is 0.493 e. The first-order valence-corrected chi connectivity index (χ1v) is 9.01. The van der Waals surface area contributed by atoms with Crippen molar-refractivity contribution in [1.29, 1.82) is 0 Å². The molecule has 0 radical (unpaired) electrons. The van der Waals surface area contributed by atoms with Gasteiger partial charge >= 0.3 is 0 Å². The molecule has 1 aliphatic rings. The summed E-state index contributed by atoms with van der Waals surface area (Å²) in [5.41, 5.74) is 0.490. The van der Waals surface area contributed by atoms with Crippen LogP contribution in [0.25, 0.3) is 0 Å². The molecule has 2 rings (SSSR count). The van der Waals surface area contributed by atoms with Gasteiger partial charge in [0.15, 0.2) is 11.5 Å². The molecule has 1 aliphatic carbocycles. The normalized spacial score (nSPS) is 15.3. The first kappa shape index (κ1) is 19.4. The average molecular weight is 350 g/mol. The predicted molar refractivity (Wildman–Crippen MR) is 97.9 cm³/mol. The van der Waals surface area contributed by atoms with Gasteiger partial charge in [-0.1, -0.05) is 25.7 Å². The minimum atomic E-state index is -0.151. The molecule has 1 fully saturated rings. The Kier molecular flexibility index (Phi) is 7.85. The van der Waals surface area contributed by atoms with Crippen molar-refractivity contribution in [1.82, 2.24) is 10.6 Å². The molecule has 0 aliphatic heterocycles. The van der Waals surface area contributed by atoms with Gasteiger partial charge in [0.1, 0.15) is 0 Å². The van der Waals surface area contributed by atoms with Crippen LogP contribution in [0.15, 0.2) is 12.1 Å². The fourth-order valence-electron chi connectivity index (χ4n) is 3.25. The van der Waals surface area contributed by atoms with Gasteiger partial charge in [0.2, 0.25) is 5.75 Å². The maximum atomic E-state index is 12.4. The van der Waals surface area contributed by atoms with Gasteiger partial charge in [-0.15, -0.1) is 0 Å². The number of hydrogen-bond donors (Lipinski definition) is 2. The number of benzene rings is 1. The van der Waals surface area contributed by atoms with Gasteiger partial charge in [-0.3, -0.25) is 4.79 Å². The number of methoxy groups -OCH3 is 3. The molecular formula is C19H30N2O4. The number of nitrogens with one attached hydrogen (secondary N) is 2. The van der Waals surface area contributed by atoms with E-state index in [9.17, 15) is 4.79 Å². The molecule has 0 atom stereocenters. The van der Waals surface area contributed by atoms with E-state index in [1.165, 1.54) is 52.7 Å². The van der Waals surface area contributed by atoms with E-state index in [4.69, 9.17) is 14.2 Å². The number of carbonyl (C=O) groups is 1. The third-order valence-electron chi connectivity index (χ3n) is 4.63. The number of hydrogen-bond acceptors (Lipinski definition) is 5. The van der Waals surface area contributed by atoms with Gasteiger partial charge in [-0.2, -0.15) is 0 Å². The van der Waals surface area contributed by atoms with Crippen molar-refractivity contribution in [3.63, 3.8) is 0 Å². The lowest BCUT2D eigenvalue weighted by Gasteiger charge is -2.17. The molecule has 25 heavy (non-hydrogen) atoms. The Labute approximate surface area is 150 Å². The maximum Gasteiger partial charge on any atom is 0.251 e. The SMILES string of the molecule is COc1cc(C(=O)NCCNC2CCCCCC2)cc(OC)c1OC. The van der Waals surface area contributed by atoms with Crippen LogP contribution in [0, 0.1) is 0 Å². The van der Waals surface area contributed by atoms with Crippen LogP contribution >= 0.6 is 0 Å². The van der Waals surface area contributed by atoms with Crippen molar-refractivity contribution >= 4 is 5.91 Å². The summed E-state index contributed by atoms with van der Waals surface area (Å²) >= 11 is 0. The van der Waals surface area contributed by atoms with Crippen molar-refractivity contribution < 1.29 is 19.0 Å². The van der Waals surface area contributed by atoms with Crippen molar-refractivity contribution in [2.75, 3.05) is 34.4 Å². The molecule has 0 spiro atoms. The summed E-state index contributed by atoms with van der Waals surface area (Å²) in [6, 6.07) is 3.91. The fraction of sp³-hybridized carbons (Fsp3) is 0.632. The second kappa shape index (κ2) is 10.1. The summed E-state index contributed by atoms with van der Waals surface area (Å²) in [5.74, 6) is 1.28. The van der Waals surface area contributed by atoms with E-state index >= 15 is 0 Å². The smallest absolute Gasteiger partial charge is 0.251 e. The minimum Gasteiger partial charge on any atom is -0.493 e. The molecule has 140 valence electrons. The van der Waals surface area contributed by atoms with Crippen LogP contribution in [0.5, 0.6) is 17.2 Å². The zero-order chi connectivity index (χ0) is 18.1. The van der Waals surface area contributed by atoms with E-state index in [1.54, 1.807) is 19.2 Å². The fourth-order valence-corrected chi connectivity index (χ4v) is 3.25. The summed E-state index contributed by atoms with van der Waals surface area (Å²) in [7, 11) is 4.62. The zero-order valence-electron chi connectivity index (χ0n) is 15.5. The number of rotatable bonds is 8. The van der Waals surface area contributed by atoms with Crippen LogP contribution in [0.3, 0.4) is 0 Å². The summed E-state index contributed by atoms with van der Waals surface area (Å²) in [5, 5.41) is 6.49. The molecule has 6 heteroatoms. The Hall–Kier alpha value is -1.95. The van der Waals surface area contributed by atoms with Crippen LogP contribution in [-0.2, 0) is 0 Å². The summed E-state index contributed by atoms with van der Waals surface area (Å²) in [4.78, 5) is 12.4. The monoisotopic (exact) mass is 350 g/mol. The molecule has 1 aromatic rings. The van der Waals surface area contributed by atoms with E-state index in [-0.39, 0.29) is 5.91 Å². The molecule has 0 saturated heterocycles. The number of ether oxygens (including phenoxy) is 3. The Balaban J connectivity index is 1.87. The van der Waals surface area contributed by atoms with Gasteiger partial charge in [0.25, 0.3) is 5.91 Å². The molecule has 0 bridgehead atoms. The average Bonchev–Trinajstić information content (AvgIpc) is 2.92. The molecule has 6 nitrogen and oxygen atoms in total. The second-order valence-corrected chi connectivity index (χ2v) is 6.31. The number of carbonyl (C=O) groups excluding carboxylic acids is 1. The predicted octanol–water partition coefficient (Wildman–Crippen LogP) is 2.75. The lowest BCUT2D eigenvalue weighted by atomic mass is 10.1. The molecule has 0 unspecified atom stereocenters. The minimum absolute atomic E-state index is 0.151. The quantitative estimate of drug-likeness (QED) is 0.557. The Morgan fingerprint density at radius 2 is 1.56 bits per heavy atom. The second-order valence-electron chi connectivity index (χ2n) is 6.31. The van der Waals surface area contributed by atoms with Crippen molar-refractivity contribution in [2.24, 2.45) is 0 Å². The highest BCUT2D eigenvalue weighted by molar-refractivity contribution is 5.95. The highest BCUT2D eigenvalue weighted by atomic mass is 16.5. The first-order valence-electron chi connectivity index (χ1n) is 9.01. The van der Waals surface area contributed by atoms with Crippen molar-refractivity contribution in [2.45, 2.75) is 44.6 Å². The highest BCUT2D eigenvalue weighted by Crippen LogP contribution is 2.38. The van der Waals surface area contributed by atoms with Gasteiger partial charge < -0.3 is 24.8 Å². The van der Waals surface area contributed by atoms with E-state index in [0.29, 0.717) is 35.4 Å². The van der Waals surface area contributed by atoms with Crippen LogP contribution in [0.2, 0.25) is 0 Å². The van der Waals surface area contributed by atoms with Gasteiger partial charge in [0, 0.05) is 24.7 Å². The van der Waals surface area contributed by atoms with Gasteiger partial charge in [0.05, 0.1) is 21.3 Å². The van der Waals surface area contributed by atoms with Crippen LogP contribution in [-0.4, -0.2) is 46.4 Å². The van der Waals surface area contributed by atoms with E-state index in [1.807, 2.05) is 0 Å². The van der Waals surface area contributed by atoms with Crippen LogP contribution in [0.4, 0.5) is 0 Å². The van der Waals surface area contributed by atoms with E-state index in [2.05, 4.69) is 10.6 Å². The molecule has 1 aromatic carbocycles. The zero-order valence-corrected chi connectivity index (χ0v) is 15.5. The Morgan fingerprint density at radius 1 is 0.960 bits per heavy atom. The summed E-state index contributed by atoms with van der Waals surface area (Å²) in [6.07, 6.45) is 7.76. The Morgan fingerprint density at radius 3 is 2.08 bits per heavy atom. The molecule has 0 heterocycles. The third-order valence-corrected chi connectivity index (χ3v) is 4.63. The summed E-state index contributed by atoms with van der Waals surface area (Å²) in [6.45, 7) is 1.37. The number of amides is 1. The van der Waals surface area contributed by atoms with Gasteiger partial charge in [-0.05, 0) is 25.0 Å². The lowest BCUT2D eigenvalue weighted by molar-refractivity contribution is 0.0952. The maximum absolute atomic E-state index is 12.4. The van der Waals surface area contributed by atoms with Crippen molar-refractivity contribution in [3.05, 3.63) is 17.7 Å². The molecular weight excluding hydrogens is 320 g/mol. The van der Waals surface area contributed by atoms with Crippen LogP contribution in [0.1, 0.15) is 48.9 Å². The molecule has 0 aromatic heterocycles. The molecule has 1 saturated carbocycles. The first-order chi connectivity index (χ1) is 12.2. The third kappa shape index (κ3) is 5.53. The van der Waals surface area contributed by atoms with E-state index in [0.717, 1.165) is 6.54 Å². The molecule has 2 N–H and O–H groups in total. The van der Waals surface area contributed by atoms with Crippen LogP contribution < -0.4 is 24.8 Å².